The zero-order chi connectivity index (χ0) is 72.3. The van der Waals surface area contributed by atoms with Crippen molar-refractivity contribution in [2.45, 2.75) is 263 Å². The third kappa shape index (κ3) is 37.1. The van der Waals surface area contributed by atoms with Crippen molar-refractivity contribution in [2.24, 2.45) is 0 Å². The molecule has 0 aliphatic heterocycles. The van der Waals surface area contributed by atoms with Crippen molar-refractivity contribution in [3.8, 4) is 0 Å². The van der Waals surface area contributed by atoms with E-state index in [1.165, 1.54) is 124 Å². The highest BCUT2D eigenvalue weighted by molar-refractivity contribution is 7.49. The van der Waals surface area contributed by atoms with Crippen LogP contribution in [0.25, 0.3) is 0 Å². The maximum atomic E-state index is 15.8. The lowest BCUT2D eigenvalue weighted by Gasteiger charge is -2.49. The van der Waals surface area contributed by atoms with E-state index in [1.54, 1.807) is 97.1 Å². The predicted molar refractivity (Wildman–Crippen MR) is 387 cm³/mol. The van der Waals surface area contributed by atoms with E-state index in [-0.39, 0.29) is 39.3 Å². The Hall–Kier alpha value is -4.09. The summed E-state index contributed by atoms with van der Waals surface area (Å²) in [6, 6.07) is 35.5. The fourth-order valence-electron chi connectivity index (χ4n) is 11.5. The number of carbonyl (C=O) groups excluding carboxylic acids is 2. The lowest BCUT2D eigenvalue weighted by atomic mass is 9.84. The lowest BCUT2D eigenvalue weighted by Crippen LogP contribution is -2.67. The number of hydrogen-bond acceptors (Lipinski definition) is 22. The van der Waals surface area contributed by atoms with Gasteiger partial charge in [-0.2, -0.15) is 0 Å². The number of phosphoric acid groups is 3. The number of rotatable bonds is 62. The number of ether oxygens (including phenoxy) is 8. The molecule has 25 heteroatoms. The lowest BCUT2D eigenvalue weighted by molar-refractivity contribution is -0.277. The van der Waals surface area contributed by atoms with Gasteiger partial charge in [0.25, 0.3) is 0 Å². The molecule has 4 aromatic rings. The third-order valence-electron chi connectivity index (χ3n) is 17.1. The molecule has 5 rings (SSSR count). The Morgan fingerprint density at radius 3 is 0.901 bits per heavy atom. The van der Waals surface area contributed by atoms with Crippen LogP contribution in [0.4, 0.5) is 0 Å². The van der Waals surface area contributed by atoms with Crippen molar-refractivity contribution in [3.05, 3.63) is 144 Å². The molecule has 8 atom stereocenters. The third-order valence-corrected chi connectivity index (χ3v) is 21.3. The van der Waals surface area contributed by atoms with Gasteiger partial charge in [-0.25, -0.2) is 13.7 Å². The minimum Gasteiger partial charge on any atom is -0.462 e. The quantitative estimate of drug-likeness (QED) is 0.0173. The highest BCUT2D eigenvalue weighted by Crippen LogP contribution is 2.60. The zero-order valence-electron chi connectivity index (χ0n) is 61.1. The van der Waals surface area contributed by atoms with Gasteiger partial charge in [0.15, 0.2) is 6.10 Å². The molecule has 3 unspecified atom stereocenters. The summed E-state index contributed by atoms with van der Waals surface area (Å²) in [6.07, 6.45) is 17.7. The number of hydrogen-bond donors (Lipinski definition) is 0. The van der Waals surface area contributed by atoms with Crippen LogP contribution < -0.4 is 0 Å². The number of methoxy groups -OCH3 is 3. The van der Waals surface area contributed by atoms with Crippen LogP contribution in [-0.4, -0.2) is 117 Å². The molecule has 1 fully saturated rings. The summed E-state index contributed by atoms with van der Waals surface area (Å²) in [5, 5.41) is 0. The Kier molecular flexibility index (Phi) is 46.5. The summed E-state index contributed by atoms with van der Waals surface area (Å²) < 4.78 is 151. The molecule has 4 aromatic carbocycles. The molecular formula is C76H119O22P3. The van der Waals surface area contributed by atoms with Gasteiger partial charge in [0.2, 0.25) is 0 Å². The van der Waals surface area contributed by atoms with Crippen LogP contribution in [0.15, 0.2) is 121 Å². The Bertz CT molecular complexity index is 2640. The fraction of sp³-hybridized carbons (Fsp3) is 0.658. The van der Waals surface area contributed by atoms with Crippen molar-refractivity contribution in [1.82, 2.24) is 0 Å². The van der Waals surface area contributed by atoms with E-state index in [2.05, 4.69) is 13.8 Å². The second-order valence-corrected chi connectivity index (χ2v) is 30.4. The number of phosphoric ester groups is 3. The van der Waals surface area contributed by atoms with E-state index in [0.717, 1.165) is 58.5 Å². The Balaban J connectivity index is 1.49. The molecule has 0 N–H and O–H groups in total. The summed E-state index contributed by atoms with van der Waals surface area (Å²) >= 11 is 0. The van der Waals surface area contributed by atoms with Gasteiger partial charge in [-0.1, -0.05) is 289 Å². The van der Waals surface area contributed by atoms with Crippen LogP contribution in [0, 0.1) is 0 Å². The largest absolute Gasteiger partial charge is 0.475 e. The minimum atomic E-state index is -5.07. The SMILES string of the molecule is CCCCCCCCCCCCCCCC(=O)OC[C@H](COP(=O)(OC)OC1[C@H](OCOC)[C@H](OP(=O)(OCc2ccccc2)OCc2ccccc2)C(OCOC)[C@H](OP(=O)(OCc2ccccc2)OCc2ccccc2)[C@H]1OCOC)OC(=O)CCCCCCCCCCCCCCC. The van der Waals surface area contributed by atoms with Gasteiger partial charge < -0.3 is 37.9 Å². The molecule has 0 spiro atoms. The Morgan fingerprint density at radius 1 is 0.337 bits per heavy atom. The van der Waals surface area contributed by atoms with Crippen molar-refractivity contribution in [1.29, 1.82) is 0 Å². The topological polar surface area (TPSA) is 242 Å². The fourth-order valence-corrected chi connectivity index (χ4v) is 15.4. The number of esters is 2. The van der Waals surface area contributed by atoms with Gasteiger partial charge in [-0.3, -0.25) is 50.3 Å². The molecule has 0 bridgehead atoms. The van der Waals surface area contributed by atoms with Crippen LogP contribution in [0.2, 0.25) is 0 Å². The molecule has 0 heterocycles. The first-order chi connectivity index (χ1) is 49.3. The first-order valence-electron chi connectivity index (χ1n) is 36.7. The molecule has 22 nitrogen and oxygen atoms in total. The van der Waals surface area contributed by atoms with Gasteiger partial charge in [0.05, 0.1) is 33.0 Å². The molecule has 101 heavy (non-hydrogen) atoms. The predicted octanol–water partition coefficient (Wildman–Crippen LogP) is 19.4. The van der Waals surface area contributed by atoms with Crippen molar-refractivity contribution < 1.29 is 102 Å². The standard InChI is InChI=1S/C76H119O22P3/c1-7-9-11-13-15-17-19-21-23-25-27-29-43-53-69(77)86-59-68(95-70(78)54-44-30-28-26-24-22-20-18-16-14-12-10-8-2)60-94-99(79,85-6)96-74-71(87-61-82-3)75(97-100(80,90-55-64-45-35-31-36-46-64)91-56-65-47-37-32-38-48-65)73(89-63-84-5)76(72(74)88-62-83-4)98-101(81,92-57-66-49-39-33-40-50-66)93-58-67-51-41-34-42-52-67/h31-42,45-52,68,71-76H,7-30,43-44,53-63H2,1-6H3/t68-,71+,72+,73?,74?,75-,76+,99?/m1/s1. The summed E-state index contributed by atoms with van der Waals surface area (Å²) in [4.78, 5) is 27.2. The van der Waals surface area contributed by atoms with E-state index >= 15 is 13.7 Å². The maximum absolute atomic E-state index is 15.8. The molecule has 0 radical (unpaired) electrons. The normalized spacial score (nSPS) is 18.1. The average Bonchev–Trinajstić information content (AvgIpc) is 0.749. The zero-order valence-corrected chi connectivity index (χ0v) is 63.8. The smallest absolute Gasteiger partial charge is 0.462 e. The molecule has 1 saturated carbocycles. The van der Waals surface area contributed by atoms with E-state index in [4.69, 9.17) is 78.6 Å². The van der Waals surface area contributed by atoms with Crippen LogP contribution in [0.1, 0.15) is 216 Å². The van der Waals surface area contributed by atoms with Crippen molar-refractivity contribution >= 4 is 35.4 Å². The van der Waals surface area contributed by atoms with Gasteiger partial charge in [-0.05, 0) is 35.1 Å². The van der Waals surface area contributed by atoms with Crippen molar-refractivity contribution in [3.63, 3.8) is 0 Å². The maximum Gasteiger partial charge on any atom is 0.475 e. The Morgan fingerprint density at radius 2 is 0.614 bits per heavy atom. The number of benzene rings is 4. The molecule has 0 amide bonds. The average molecular weight is 1480 g/mol. The van der Waals surface area contributed by atoms with Gasteiger partial charge in [0, 0.05) is 41.3 Å². The van der Waals surface area contributed by atoms with Crippen LogP contribution >= 0.6 is 23.5 Å². The van der Waals surface area contributed by atoms with Gasteiger partial charge in [0.1, 0.15) is 63.6 Å². The first-order valence-corrected chi connectivity index (χ1v) is 41.1. The first kappa shape index (κ1) is 87.5. The summed E-state index contributed by atoms with van der Waals surface area (Å²) in [6.45, 7) is 0.532. The van der Waals surface area contributed by atoms with E-state index in [0.29, 0.717) is 35.1 Å². The van der Waals surface area contributed by atoms with Gasteiger partial charge in [-0.15, -0.1) is 0 Å². The molecular weight excluding hydrogens is 1360 g/mol. The number of unbranched alkanes of at least 4 members (excludes halogenated alkanes) is 24. The summed E-state index contributed by atoms with van der Waals surface area (Å²) in [5.41, 5.74) is 2.38. The summed E-state index contributed by atoms with van der Waals surface area (Å²) in [7, 11) is -9.85. The second-order valence-electron chi connectivity index (χ2n) is 25.5. The molecule has 0 saturated heterocycles. The van der Waals surface area contributed by atoms with Crippen molar-refractivity contribution in [2.75, 3.05) is 62.0 Å². The summed E-state index contributed by atoms with van der Waals surface area (Å²) in [5.74, 6) is -1.09. The van der Waals surface area contributed by atoms with Gasteiger partial charge >= 0.3 is 35.4 Å². The molecule has 570 valence electrons. The molecule has 1 aliphatic carbocycles. The molecule has 0 aromatic heterocycles. The van der Waals surface area contributed by atoms with Crippen LogP contribution in [0.5, 0.6) is 0 Å². The van der Waals surface area contributed by atoms with E-state index in [1.807, 2.05) is 24.3 Å². The van der Waals surface area contributed by atoms with E-state index in [9.17, 15) is 9.59 Å². The highest BCUT2D eigenvalue weighted by Gasteiger charge is 2.61. The molecule has 1 aliphatic rings. The Labute approximate surface area is 602 Å². The highest BCUT2D eigenvalue weighted by atomic mass is 31.2. The van der Waals surface area contributed by atoms with Crippen LogP contribution in [0.3, 0.4) is 0 Å². The number of carbonyl (C=O) groups is 2. The monoisotopic (exact) mass is 1480 g/mol. The minimum absolute atomic E-state index is 0.0652. The van der Waals surface area contributed by atoms with E-state index < -0.39 is 112 Å². The second kappa shape index (κ2) is 53.6. The van der Waals surface area contributed by atoms with Crippen LogP contribution in [-0.2, 0) is 128 Å².